The molecule has 2 heterocycles. The summed E-state index contributed by atoms with van der Waals surface area (Å²) in [6, 6.07) is 10.4. The van der Waals surface area contributed by atoms with Gasteiger partial charge in [-0.1, -0.05) is 18.2 Å². The summed E-state index contributed by atoms with van der Waals surface area (Å²) in [6.45, 7) is 5.42. The van der Waals surface area contributed by atoms with E-state index >= 15 is 0 Å². The van der Waals surface area contributed by atoms with Crippen molar-refractivity contribution in [2.75, 3.05) is 56.1 Å². The summed E-state index contributed by atoms with van der Waals surface area (Å²) in [5, 5.41) is 3.11. The number of halogens is 1. The molecule has 6 nitrogen and oxygen atoms in total. The molecular weight excluding hydrogens is 459 g/mol. The average Bonchev–Trinajstić information content (AvgIpc) is 3.20. The standard InChI is InChI=1S/C18H26N6S.HI/c1-22(16-6-3-2-4-7-16)10-5-8-20-17(19)23-11-13-24(14-12-23)18-21-9-15-25-18;/h2-4,6-7,9,15H,5,8,10-14H2,1H3,(H2,19,20);1H. The summed E-state index contributed by atoms with van der Waals surface area (Å²) in [5.74, 6) is 0.668. The summed E-state index contributed by atoms with van der Waals surface area (Å²) in [4.78, 5) is 15.7. The highest BCUT2D eigenvalue weighted by Crippen LogP contribution is 2.18. The number of aliphatic imine (C=N–C) groups is 1. The molecule has 26 heavy (non-hydrogen) atoms. The van der Waals surface area contributed by atoms with E-state index in [1.165, 1.54) is 5.69 Å². The van der Waals surface area contributed by atoms with E-state index in [0.29, 0.717) is 5.96 Å². The monoisotopic (exact) mass is 486 g/mol. The molecule has 1 aromatic carbocycles. The van der Waals surface area contributed by atoms with E-state index < -0.39 is 0 Å². The van der Waals surface area contributed by atoms with Gasteiger partial charge in [0.25, 0.3) is 0 Å². The molecule has 0 spiro atoms. The molecule has 0 radical (unpaired) electrons. The fourth-order valence-electron chi connectivity index (χ4n) is 2.91. The number of thiazole rings is 1. The van der Waals surface area contributed by atoms with Gasteiger partial charge in [-0.15, -0.1) is 35.3 Å². The molecule has 0 saturated carbocycles. The molecule has 2 aromatic rings. The molecule has 1 aliphatic rings. The predicted octanol–water partition coefficient (Wildman–Crippen LogP) is 2.72. The molecule has 0 aliphatic carbocycles. The van der Waals surface area contributed by atoms with Gasteiger partial charge >= 0.3 is 0 Å². The fraction of sp³-hybridized carbons (Fsp3) is 0.444. The number of nitrogens with zero attached hydrogens (tertiary/aromatic N) is 5. The normalized spacial score (nSPS) is 14.9. The number of hydrogen-bond acceptors (Lipinski definition) is 5. The van der Waals surface area contributed by atoms with Crippen LogP contribution in [0.25, 0.3) is 0 Å². The molecule has 2 N–H and O–H groups in total. The quantitative estimate of drug-likeness (QED) is 0.295. The van der Waals surface area contributed by atoms with Gasteiger partial charge in [0.05, 0.1) is 0 Å². The number of aromatic nitrogens is 1. The van der Waals surface area contributed by atoms with Crippen molar-refractivity contribution in [1.82, 2.24) is 9.88 Å². The summed E-state index contributed by atoms with van der Waals surface area (Å²) < 4.78 is 0. The largest absolute Gasteiger partial charge is 0.375 e. The number of para-hydroxylation sites is 1. The molecule has 142 valence electrons. The van der Waals surface area contributed by atoms with Crippen LogP contribution in [0.4, 0.5) is 10.8 Å². The van der Waals surface area contributed by atoms with Gasteiger partial charge in [-0.3, -0.25) is 4.99 Å². The summed E-state index contributed by atoms with van der Waals surface area (Å²) in [7, 11) is 2.11. The second kappa shape index (κ2) is 10.6. The van der Waals surface area contributed by atoms with Gasteiger partial charge < -0.3 is 20.4 Å². The Morgan fingerprint density at radius 2 is 1.96 bits per heavy atom. The molecule has 0 bridgehead atoms. The summed E-state index contributed by atoms with van der Waals surface area (Å²) in [5.41, 5.74) is 7.41. The topological polar surface area (TPSA) is 61.0 Å². The van der Waals surface area contributed by atoms with Gasteiger partial charge in [-0.25, -0.2) is 4.98 Å². The van der Waals surface area contributed by atoms with Crippen LogP contribution in [-0.2, 0) is 0 Å². The lowest BCUT2D eigenvalue weighted by Crippen LogP contribution is -2.51. The van der Waals surface area contributed by atoms with Crippen LogP contribution in [-0.4, -0.2) is 62.2 Å². The molecule has 1 saturated heterocycles. The molecule has 8 heteroatoms. The Kier molecular flexibility index (Phi) is 8.43. The first-order chi connectivity index (χ1) is 12.2. The van der Waals surface area contributed by atoms with Crippen LogP contribution < -0.4 is 15.5 Å². The van der Waals surface area contributed by atoms with Crippen LogP contribution in [0.15, 0.2) is 46.9 Å². The van der Waals surface area contributed by atoms with Gasteiger partial charge in [-0.05, 0) is 18.6 Å². The Labute approximate surface area is 176 Å². The Hall–Kier alpha value is -1.55. The minimum absolute atomic E-state index is 0. The fourth-order valence-corrected chi connectivity index (χ4v) is 3.61. The minimum atomic E-state index is 0. The van der Waals surface area contributed by atoms with E-state index in [1.807, 2.05) is 17.6 Å². The zero-order chi connectivity index (χ0) is 17.5. The molecule has 0 unspecified atom stereocenters. The first-order valence-electron chi connectivity index (χ1n) is 8.69. The number of anilines is 2. The maximum Gasteiger partial charge on any atom is 0.191 e. The van der Waals surface area contributed by atoms with Crippen molar-refractivity contribution >= 4 is 52.1 Å². The lowest BCUT2D eigenvalue weighted by Gasteiger charge is -2.35. The van der Waals surface area contributed by atoms with E-state index in [4.69, 9.17) is 5.73 Å². The smallest absolute Gasteiger partial charge is 0.191 e. The molecule has 3 rings (SSSR count). The maximum atomic E-state index is 6.17. The van der Waals surface area contributed by atoms with Crippen LogP contribution >= 0.6 is 35.3 Å². The number of piperazine rings is 1. The van der Waals surface area contributed by atoms with Crippen molar-refractivity contribution in [2.24, 2.45) is 10.7 Å². The maximum absolute atomic E-state index is 6.17. The zero-order valence-corrected chi connectivity index (χ0v) is 18.3. The van der Waals surface area contributed by atoms with Crippen molar-refractivity contribution in [3.63, 3.8) is 0 Å². The molecule has 1 aromatic heterocycles. The third-order valence-corrected chi connectivity index (χ3v) is 5.25. The van der Waals surface area contributed by atoms with Gasteiger partial charge in [0.15, 0.2) is 11.1 Å². The number of hydrogen-bond donors (Lipinski definition) is 1. The van der Waals surface area contributed by atoms with Gasteiger partial charge in [0, 0.05) is 63.6 Å². The summed E-state index contributed by atoms with van der Waals surface area (Å²) in [6.07, 6.45) is 2.85. The third-order valence-electron chi connectivity index (χ3n) is 4.42. The molecule has 0 amide bonds. The molecule has 1 aliphatic heterocycles. The predicted molar refractivity (Wildman–Crippen MR) is 122 cm³/mol. The number of guanidine groups is 1. The average molecular weight is 486 g/mol. The minimum Gasteiger partial charge on any atom is -0.375 e. The zero-order valence-electron chi connectivity index (χ0n) is 15.1. The summed E-state index contributed by atoms with van der Waals surface area (Å²) >= 11 is 1.69. The van der Waals surface area contributed by atoms with E-state index in [2.05, 4.69) is 56.0 Å². The van der Waals surface area contributed by atoms with E-state index in [1.54, 1.807) is 11.3 Å². The van der Waals surface area contributed by atoms with Crippen molar-refractivity contribution in [3.05, 3.63) is 41.9 Å². The van der Waals surface area contributed by atoms with E-state index in [9.17, 15) is 0 Å². The molecular formula is C18H27IN6S. The lowest BCUT2D eigenvalue weighted by atomic mass is 10.3. The Morgan fingerprint density at radius 3 is 2.62 bits per heavy atom. The first-order valence-corrected chi connectivity index (χ1v) is 9.57. The van der Waals surface area contributed by atoms with Crippen LogP contribution in [0, 0.1) is 0 Å². The van der Waals surface area contributed by atoms with Crippen molar-refractivity contribution in [3.8, 4) is 0 Å². The van der Waals surface area contributed by atoms with Gasteiger partial charge in [0.2, 0.25) is 0 Å². The Bertz CT molecular complexity index is 656. The van der Waals surface area contributed by atoms with Crippen LogP contribution in [0.2, 0.25) is 0 Å². The highest BCUT2D eigenvalue weighted by Gasteiger charge is 2.19. The second-order valence-electron chi connectivity index (χ2n) is 6.14. The number of rotatable bonds is 6. The van der Waals surface area contributed by atoms with E-state index in [0.717, 1.165) is 50.8 Å². The molecule has 0 atom stereocenters. The van der Waals surface area contributed by atoms with Crippen LogP contribution in [0.1, 0.15) is 6.42 Å². The van der Waals surface area contributed by atoms with Crippen LogP contribution in [0.5, 0.6) is 0 Å². The highest BCUT2D eigenvalue weighted by atomic mass is 127. The van der Waals surface area contributed by atoms with Crippen molar-refractivity contribution < 1.29 is 0 Å². The highest BCUT2D eigenvalue weighted by molar-refractivity contribution is 14.0. The Morgan fingerprint density at radius 1 is 1.23 bits per heavy atom. The Balaban J connectivity index is 0.00000243. The van der Waals surface area contributed by atoms with E-state index in [-0.39, 0.29) is 24.0 Å². The van der Waals surface area contributed by atoms with Gasteiger partial charge in [-0.2, -0.15) is 0 Å². The van der Waals surface area contributed by atoms with Crippen molar-refractivity contribution in [1.29, 1.82) is 0 Å². The van der Waals surface area contributed by atoms with Gasteiger partial charge in [0.1, 0.15) is 0 Å². The first kappa shape index (κ1) is 20.8. The SMILES string of the molecule is CN(CCCN=C(N)N1CCN(c2nccs2)CC1)c1ccccc1.I. The molecule has 1 fully saturated rings. The second-order valence-corrected chi connectivity index (χ2v) is 7.01. The lowest BCUT2D eigenvalue weighted by molar-refractivity contribution is 0.380. The number of nitrogens with two attached hydrogens (primary N) is 1. The van der Waals surface area contributed by atoms with Crippen molar-refractivity contribution in [2.45, 2.75) is 6.42 Å². The van der Waals surface area contributed by atoms with Crippen LogP contribution in [0.3, 0.4) is 0 Å². The number of benzene rings is 1. The third kappa shape index (κ3) is 5.73.